The van der Waals surface area contributed by atoms with Gasteiger partial charge in [0, 0.05) is 37.8 Å². The molecule has 1 aromatic heterocycles. The van der Waals surface area contributed by atoms with Crippen molar-refractivity contribution < 1.29 is 32.5 Å². The van der Waals surface area contributed by atoms with Gasteiger partial charge in [-0.3, -0.25) is 4.90 Å². The van der Waals surface area contributed by atoms with Crippen molar-refractivity contribution in [3.8, 4) is 5.88 Å². The van der Waals surface area contributed by atoms with E-state index in [2.05, 4.69) is 9.88 Å². The molecule has 2 atom stereocenters. The van der Waals surface area contributed by atoms with Gasteiger partial charge < -0.3 is 14.6 Å². The third kappa shape index (κ3) is 5.10. The first-order chi connectivity index (χ1) is 12.8. The second-order valence-corrected chi connectivity index (χ2v) is 7.21. The fourth-order valence-electron chi connectivity index (χ4n) is 3.69. The van der Waals surface area contributed by atoms with Crippen LogP contribution >= 0.6 is 0 Å². The molecule has 3 fully saturated rings. The van der Waals surface area contributed by atoms with Gasteiger partial charge in [0.2, 0.25) is 5.88 Å². The number of carboxylic acid groups (broad SMARTS) is 1. The third-order valence-corrected chi connectivity index (χ3v) is 5.28. The average Bonchev–Trinajstić information content (AvgIpc) is 3.14. The van der Waals surface area contributed by atoms with E-state index in [1.807, 2.05) is 18.2 Å². The fraction of sp³-hybridized carbons (Fsp3) is 0.667. The van der Waals surface area contributed by atoms with E-state index in [0.717, 1.165) is 25.4 Å². The van der Waals surface area contributed by atoms with Gasteiger partial charge in [0.05, 0.1) is 12.2 Å². The number of likely N-dealkylation sites (tertiary alicyclic amines) is 1. The monoisotopic (exact) mass is 388 g/mol. The first-order valence-corrected chi connectivity index (χ1v) is 9.03. The largest absolute Gasteiger partial charge is 0.490 e. The highest BCUT2D eigenvalue weighted by molar-refractivity contribution is 5.73. The van der Waals surface area contributed by atoms with Gasteiger partial charge in [-0.05, 0) is 25.3 Å². The minimum Gasteiger partial charge on any atom is -0.475 e. The Morgan fingerprint density at radius 3 is 2.67 bits per heavy atom. The van der Waals surface area contributed by atoms with Crippen LogP contribution in [0.25, 0.3) is 0 Å². The summed E-state index contributed by atoms with van der Waals surface area (Å²) in [6.45, 7) is 3.00. The highest BCUT2D eigenvalue weighted by Crippen LogP contribution is 2.39. The first-order valence-electron chi connectivity index (χ1n) is 9.03. The molecule has 27 heavy (non-hydrogen) atoms. The van der Waals surface area contributed by atoms with Crippen molar-refractivity contribution in [3.63, 3.8) is 0 Å². The molecule has 0 aromatic carbocycles. The minimum absolute atomic E-state index is 0.0506. The molecular weight excluding hydrogens is 365 g/mol. The summed E-state index contributed by atoms with van der Waals surface area (Å²) in [7, 11) is 0. The van der Waals surface area contributed by atoms with Crippen molar-refractivity contribution in [3.05, 3.63) is 24.4 Å². The Kier molecular flexibility index (Phi) is 5.90. The third-order valence-electron chi connectivity index (χ3n) is 5.28. The molecule has 0 radical (unpaired) electrons. The second-order valence-electron chi connectivity index (χ2n) is 7.21. The number of aliphatic carboxylic acids is 1. The van der Waals surface area contributed by atoms with E-state index in [0.29, 0.717) is 12.5 Å². The normalized spacial score (nSPS) is 28.5. The van der Waals surface area contributed by atoms with E-state index in [9.17, 15) is 13.2 Å². The predicted octanol–water partition coefficient (Wildman–Crippen LogP) is 2.88. The number of pyridine rings is 1. The second kappa shape index (κ2) is 8.02. The molecule has 3 aliphatic rings. The van der Waals surface area contributed by atoms with E-state index in [1.54, 1.807) is 6.20 Å². The number of alkyl halides is 3. The van der Waals surface area contributed by atoms with Gasteiger partial charge in [-0.25, -0.2) is 9.78 Å². The standard InChI is InChI=1S/C16H22N2O2.C2HF3O2/c1-2-8-17-15(6-1)20-14-10-16(19-11-14)7-9-18(12-16)13-4-3-5-13;3-2(4,5)1(6)7/h1-2,6,8,13-14H,3-5,7,9-12H2;(H,6,7)/t14-,16-;/m0./s1. The van der Waals surface area contributed by atoms with Gasteiger partial charge in [0.15, 0.2) is 0 Å². The van der Waals surface area contributed by atoms with Crippen molar-refractivity contribution in [1.29, 1.82) is 0 Å². The summed E-state index contributed by atoms with van der Waals surface area (Å²) in [5.74, 6) is -2.04. The van der Waals surface area contributed by atoms with Gasteiger partial charge in [-0.2, -0.15) is 13.2 Å². The van der Waals surface area contributed by atoms with E-state index in [4.69, 9.17) is 19.4 Å². The lowest BCUT2D eigenvalue weighted by atomic mass is 9.91. The Hall–Kier alpha value is -1.87. The van der Waals surface area contributed by atoms with Crippen molar-refractivity contribution in [2.45, 2.75) is 56.0 Å². The topological polar surface area (TPSA) is 71.9 Å². The van der Waals surface area contributed by atoms with E-state index in [-0.39, 0.29) is 11.7 Å². The molecule has 3 heterocycles. The van der Waals surface area contributed by atoms with Crippen LogP contribution in [0, 0.1) is 0 Å². The first kappa shape index (κ1) is 19.9. The number of nitrogens with zero attached hydrogens (tertiary/aromatic N) is 2. The number of carboxylic acids is 1. The van der Waals surface area contributed by atoms with Gasteiger partial charge >= 0.3 is 12.1 Å². The molecule has 1 aromatic rings. The Morgan fingerprint density at radius 1 is 1.37 bits per heavy atom. The van der Waals surface area contributed by atoms with Gasteiger partial charge in [-0.1, -0.05) is 12.5 Å². The summed E-state index contributed by atoms with van der Waals surface area (Å²) < 4.78 is 43.8. The highest BCUT2D eigenvalue weighted by Gasteiger charge is 2.48. The molecule has 9 heteroatoms. The number of rotatable bonds is 3. The van der Waals surface area contributed by atoms with Gasteiger partial charge in [-0.15, -0.1) is 0 Å². The lowest BCUT2D eigenvalue weighted by Gasteiger charge is -2.35. The van der Waals surface area contributed by atoms with Gasteiger partial charge in [0.1, 0.15) is 6.10 Å². The maximum atomic E-state index is 10.6. The quantitative estimate of drug-likeness (QED) is 0.859. The summed E-state index contributed by atoms with van der Waals surface area (Å²) in [5.41, 5.74) is 0.0506. The van der Waals surface area contributed by atoms with Crippen LogP contribution in [-0.4, -0.2) is 64.6 Å². The molecule has 4 rings (SSSR count). The van der Waals surface area contributed by atoms with Crippen LogP contribution in [0.5, 0.6) is 5.88 Å². The molecule has 6 nitrogen and oxygen atoms in total. The molecule has 1 N–H and O–H groups in total. The molecule has 2 aliphatic heterocycles. The predicted molar refractivity (Wildman–Crippen MR) is 89.5 cm³/mol. The zero-order valence-electron chi connectivity index (χ0n) is 14.8. The number of carbonyl (C=O) groups is 1. The molecule has 0 amide bonds. The van der Waals surface area contributed by atoms with Crippen LogP contribution in [0.3, 0.4) is 0 Å². The number of aromatic nitrogens is 1. The van der Waals surface area contributed by atoms with Crippen LogP contribution in [0.4, 0.5) is 13.2 Å². The van der Waals surface area contributed by atoms with Crippen LogP contribution < -0.4 is 4.74 Å². The SMILES string of the molecule is O=C(O)C(F)(F)F.c1ccc(O[C@@H]2CO[C@@]3(CCN(C4CCC4)C3)C2)nc1. The molecule has 1 spiro atoms. The van der Waals surface area contributed by atoms with Gasteiger partial charge in [0.25, 0.3) is 0 Å². The van der Waals surface area contributed by atoms with Crippen molar-refractivity contribution in [1.82, 2.24) is 9.88 Å². The fourth-order valence-corrected chi connectivity index (χ4v) is 3.69. The lowest BCUT2D eigenvalue weighted by Crippen LogP contribution is -2.41. The summed E-state index contributed by atoms with van der Waals surface area (Å²) in [6, 6.07) is 6.61. The van der Waals surface area contributed by atoms with Crippen LogP contribution in [0.2, 0.25) is 0 Å². The molecular formula is C18H23F3N2O4. The maximum absolute atomic E-state index is 10.6. The van der Waals surface area contributed by atoms with Crippen LogP contribution in [0.15, 0.2) is 24.4 Å². The molecule has 2 saturated heterocycles. The maximum Gasteiger partial charge on any atom is 0.490 e. The Labute approximate surface area is 155 Å². The highest BCUT2D eigenvalue weighted by atomic mass is 19.4. The molecule has 0 bridgehead atoms. The van der Waals surface area contributed by atoms with E-state index < -0.39 is 12.1 Å². The average molecular weight is 388 g/mol. The number of hydrogen-bond acceptors (Lipinski definition) is 5. The number of halogens is 3. The Morgan fingerprint density at radius 2 is 2.11 bits per heavy atom. The lowest BCUT2D eigenvalue weighted by molar-refractivity contribution is -0.192. The number of ether oxygens (including phenoxy) is 2. The van der Waals surface area contributed by atoms with E-state index >= 15 is 0 Å². The molecule has 1 saturated carbocycles. The van der Waals surface area contributed by atoms with E-state index in [1.165, 1.54) is 25.8 Å². The van der Waals surface area contributed by atoms with Crippen molar-refractivity contribution in [2.24, 2.45) is 0 Å². The summed E-state index contributed by atoms with van der Waals surface area (Å²) in [4.78, 5) is 15.8. The van der Waals surface area contributed by atoms with Crippen LogP contribution in [0.1, 0.15) is 32.1 Å². The molecule has 1 aliphatic carbocycles. The Bertz CT molecular complexity index is 639. The molecule has 150 valence electrons. The number of hydrogen-bond donors (Lipinski definition) is 1. The smallest absolute Gasteiger partial charge is 0.475 e. The zero-order chi connectivity index (χ0) is 19.5. The summed E-state index contributed by atoms with van der Waals surface area (Å²) >= 11 is 0. The van der Waals surface area contributed by atoms with Crippen molar-refractivity contribution in [2.75, 3.05) is 19.7 Å². The summed E-state index contributed by atoms with van der Waals surface area (Å²) in [6.07, 6.45) is 3.17. The minimum atomic E-state index is -5.08. The van der Waals surface area contributed by atoms with Crippen molar-refractivity contribution >= 4 is 5.97 Å². The van der Waals surface area contributed by atoms with Crippen LogP contribution in [-0.2, 0) is 9.53 Å². The Balaban J connectivity index is 0.000000260. The summed E-state index contributed by atoms with van der Waals surface area (Å²) in [5, 5.41) is 7.12. The molecule has 0 unspecified atom stereocenters. The zero-order valence-corrected chi connectivity index (χ0v) is 14.8.